The molecule has 0 aromatic carbocycles. The summed E-state index contributed by atoms with van der Waals surface area (Å²) in [6.07, 6.45) is 5.15. The van der Waals surface area contributed by atoms with Crippen LogP contribution in [0, 0.1) is 5.92 Å². The lowest BCUT2D eigenvalue weighted by Gasteiger charge is -2.12. The molecule has 0 fully saturated rings. The highest BCUT2D eigenvalue weighted by molar-refractivity contribution is 9.11. The summed E-state index contributed by atoms with van der Waals surface area (Å²) in [5.41, 5.74) is 0. The average Bonchev–Trinajstić information content (AvgIpc) is 2.88. The second-order valence-electron chi connectivity index (χ2n) is 4.12. The van der Waals surface area contributed by atoms with Gasteiger partial charge < -0.3 is 10.4 Å². The van der Waals surface area contributed by atoms with Gasteiger partial charge in [0.15, 0.2) is 0 Å². The minimum absolute atomic E-state index is 0.0348. The second kappa shape index (κ2) is 5.80. The molecule has 5 heteroatoms. The maximum atomic E-state index is 11.8. The van der Waals surface area contributed by atoms with Crippen LogP contribution in [-0.4, -0.2) is 23.7 Å². The number of amides is 1. The third kappa shape index (κ3) is 3.66. The predicted octanol–water partition coefficient (Wildman–Crippen LogP) is 2.11. The molecule has 2 atom stereocenters. The predicted molar refractivity (Wildman–Crippen MR) is 72.0 cm³/mol. The number of thiophene rings is 1. The molecule has 0 saturated heterocycles. The monoisotopic (exact) mass is 315 g/mol. The number of aliphatic hydroxyl groups excluding tert-OH is 1. The van der Waals surface area contributed by atoms with Crippen molar-refractivity contribution in [2.75, 3.05) is 6.61 Å². The van der Waals surface area contributed by atoms with Gasteiger partial charge in [-0.3, -0.25) is 4.79 Å². The fourth-order valence-corrected chi connectivity index (χ4v) is 3.36. The lowest BCUT2D eigenvalue weighted by molar-refractivity contribution is -0.120. The Labute approximate surface area is 113 Å². The van der Waals surface area contributed by atoms with Crippen molar-refractivity contribution in [3.63, 3.8) is 0 Å². The van der Waals surface area contributed by atoms with Crippen LogP contribution in [0.4, 0.5) is 0 Å². The van der Waals surface area contributed by atoms with E-state index in [0.717, 1.165) is 15.1 Å². The Balaban J connectivity index is 1.80. The van der Waals surface area contributed by atoms with Crippen LogP contribution in [0.5, 0.6) is 0 Å². The smallest absolute Gasteiger partial charge is 0.225 e. The Morgan fingerprint density at radius 2 is 2.35 bits per heavy atom. The van der Waals surface area contributed by atoms with Crippen LogP contribution in [0.1, 0.15) is 11.3 Å². The minimum Gasteiger partial charge on any atom is -0.396 e. The van der Waals surface area contributed by atoms with E-state index >= 15 is 0 Å². The fourth-order valence-electron chi connectivity index (χ4n) is 1.88. The molecule has 0 unspecified atom stereocenters. The summed E-state index contributed by atoms with van der Waals surface area (Å²) in [5, 5.41) is 11.9. The summed E-state index contributed by atoms with van der Waals surface area (Å²) in [6.45, 7) is 0.154. The van der Waals surface area contributed by atoms with Gasteiger partial charge in [-0.1, -0.05) is 12.2 Å². The molecule has 1 aromatic heterocycles. The molecular formula is C12H14BrNO2S. The lowest BCUT2D eigenvalue weighted by Crippen LogP contribution is -2.33. The van der Waals surface area contributed by atoms with E-state index in [1.807, 2.05) is 24.3 Å². The third-order valence-corrected chi connectivity index (χ3v) is 4.34. The van der Waals surface area contributed by atoms with Crippen molar-refractivity contribution in [1.29, 1.82) is 0 Å². The zero-order valence-electron chi connectivity index (χ0n) is 9.23. The minimum atomic E-state index is 0.0348. The largest absolute Gasteiger partial charge is 0.396 e. The van der Waals surface area contributed by atoms with E-state index in [0.29, 0.717) is 6.42 Å². The number of carbonyl (C=O) groups is 1. The molecular weight excluding hydrogens is 302 g/mol. The van der Waals surface area contributed by atoms with Gasteiger partial charge in [-0.25, -0.2) is 0 Å². The summed E-state index contributed by atoms with van der Waals surface area (Å²) >= 11 is 4.95. The molecule has 0 saturated carbocycles. The van der Waals surface area contributed by atoms with E-state index in [2.05, 4.69) is 21.2 Å². The summed E-state index contributed by atoms with van der Waals surface area (Å²) in [7, 11) is 0. The van der Waals surface area contributed by atoms with E-state index < -0.39 is 0 Å². The Morgan fingerprint density at radius 1 is 1.53 bits per heavy atom. The maximum absolute atomic E-state index is 11.8. The van der Waals surface area contributed by atoms with Crippen LogP contribution in [0.15, 0.2) is 28.1 Å². The quantitative estimate of drug-likeness (QED) is 0.836. The molecule has 0 bridgehead atoms. The number of rotatable bonds is 4. The van der Waals surface area contributed by atoms with E-state index in [-0.39, 0.29) is 24.5 Å². The number of hydrogen-bond acceptors (Lipinski definition) is 3. The second-order valence-corrected chi connectivity index (χ2v) is 6.67. The summed E-state index contributed by atoms with van der Waals surface area (Å²) in [4.78, 5) is 12.8. The van der Waals surface area contributed by atoms with Crippen molar-refractivity contribution in [3.8, 4) is 0 Å². The first kappa shape index (κ1) is 12.8. The van der Waals surface area contributed by atoms with Gasteiger partial charge in [0.05, 0.1) is 10.2 Å². The highest BCUT2D eigenvalue weighted by Gasteiger charge is 2.19. The van der Waals surface area contributed by atoms with Gasteiger partial charge in [0.25, 0.3) is 0 Å². The van der Waals surface area contributed by atoms with Gasteiger partial charge in [-0.2, -0.15) is 0 Å². The molecule has 2 N–H and O–H groups in total. The Bertz CT molecular complexity index is 430. The molecule has 1 heterocycles. The molecule has 17 heavy (non-hydrogen) atoms. The van der Waals surface area contributed by atoms with Crippen molar-refractivity contribution in [3.05, 3.63) is 32.9 Å². The molecule has 0 spiro atoms. The fraction of sp³-hybridized carbons (Fsp3) is 0.417. The van der Waals surface area contributed by atoms with Crippen LogP contribution >= 0.6 is 27.3 Å². The topological polar surface area (TPSA) is 49.3 Å². The molecule has 0 radical (unpaired) electrons. The number of halogens is 1. The number of carbonyl (C=O) groups excluding carboxylic acids is 1. The van der Waals surface area contributed by atoms with Gasteiger partial charge in [0.1, 0.15) is 0 Å². The first-order chi connectivity index (χ1) is 8.17. The SMILES string of the molecule is O=C(Cc1ccc(Br)s1)N[C@@H]1C=C[C@H](CO)C1. The van der Waals surface area contributed by atoms with Gasteiger partial charge in [-0.15, -0.1) is 11.3 Å². The van der Waals surface area contributed by atoms with E-state index in [4.69, 9.17) is 5.11 Å². The van der Waals surface area contributed by atoms with Gasteiger partial charge in [0, 0.05) is 23.4 Å². The number of nitrogens with one attached hydrogen (secondary N) is 1. The molecule has 1 aliphatic rings. The summed E-state index contributed by atoms with van der Waals surface area (Å²) < 4.78 is 1.04. The van der Waals surface area contributed by atoms with Gasteiger partial charge in [0.2, 0.25) is 5.91 Å². The van der Waals surface area contributed by atoms with Crippen molar-refractivity contribution < 1.29 is 9.90 Å². The number of hydrogen-bond donors (Lipinski definition) is 2. The number of aliphatic hydroxyl groups is 1. The van der Waals surface area contributed by atoms with Crippen LogP contribution in [0.25, 0.3) is 0 Å². The molecule has 92 valence electrons. The Kier molecular flexibility index (Phi) is 4.36. The van der Waals surface area contributed by atoms with E-state index in [1.54, 1.807) is 11.3 Å². The highest BCUT2D eigenvalue weighted by atomic mass is 79.9. The van der Waals surface area contributed by atoms with E-state index in [1.165, 1.54) is 0 Å². The van der Waals surface area contributed by atoms with E-state index in [9.17, 15) is 4.79 Å². The molecule has 1 amide bonds. The molecule has 2 rings (SSSR count). The zero-order chi connectivity index (χ0) is 12.3. The zero-order valence-corrected chi connectivity index (χ0v) is 11.6. The molecule has 1 aliphatic carbocycles. The van der Waals surface area contributed by atoms with Crippen molar-refractivity contribution >= 4 is 33.2 Å². The van der Waals surface area contributed by atoms with Gasteiger partial charge in [-0.05, 0) is 34.5 Å². The van der Waals surface area contributed by atoms with Crippen molar-refractivity contribution in [2.24, 2.45) is 5.92 Å². The molecule has 3 nitrogen and oxygen atoms in total. The first-order valence-corrected chi connectivity index (χ1v) is 7.11. The third-order valence-electron chi connectivity index (χ3n) is 2.72. The first-order valence-electron chi connectivity index (χ1n) is 5.50. The van der Waals surface area contributed by atoms with Crippen LogP contribution in [0.3, 0.4) is 0 Å². The Morgan fingerprint density at radius 3 is 2.94 bits per heavy atom. The van der Waals surface area contributed by atoms with Crippen LogP contribution in [-0.2, 0) is 11.2 Å². The molecule has 1 aromatic rings. The lowest BCUT2D eigenvalue weighted by atomic mass is 10.1. The van der Waals surface area contributed by atoms with Crippen molar-refractivity contribution in [2.45, 2.75) is 18.9 Å². The van der Waals surface area contributed by atoms with Gasteiger partial charge >= 0.3 is 0 Å². The highest BCUT2D eigenvalue weighted by Crippen LogP contribution is 2.22. The maximum Gasteiger partial charge on any atom is 0.225 e. The Hall–Kier alpha value is -0.650. The van der Waals surface area contributed by atoms with Crippen LogP contribution < -0.4 is 5.32 Å². The average molecular weight is 316 g/mol. The summed E-state index contributed by atoms with van der Waals surface area (Å²) in [5.74, 6) is 0.226. The molecule has 0 aliphatic heterocycles. The van der Waals surface area contributed by atoms with Crippen molar-refractivity contribution in [1.82, 2.24) is 5.32 Å². The summed E-state index contributed by atoms with van der Waals surface area (Å²) in [6, 6.07) is 3.97. The van der Waals surface area contributed by atoms with Crippen LogP contribution in [0.2, 0.25) is 0 Å². The normalized spacial score (nSPS) is 22.9. The standard InChI is InChI=1S/C12H14BrNO2S/c13-11-4-3-10(17-11)6-12(16)14-9-2-1-8(5-9)7-15/h1-4,8-9,15H,5-7H2,(H,14,16)/t8-,9+/m0/s1.